The van der Waals surface area contributed by atoms with Gasteiger partial charge in [0.1, 0.15) is 11.3 Å². The summed E-state index contributed by atoms with van der Waals surface area (Å²) in [5.74, 6) is 0.267. The summed E-state index contributed by atoms with van der Waals surface area (Å²) in [6, 6.07) is 7.79. The molecule has 0 radical (unpaired) electrons. The van der Waals surface area contributed by atoms with E-state index in [1.54, 1.807) is 12.3 Å². The topological polar surface area (TPSA) is 36.4 Å². The molecule has 0 atom stereocenters. The number of fused-ring (bicyclic) bond motifs is 1. The smallest absolute Gasteiger partial charge is 0.141 e. The van der Waals surface area contributed by atoms with Crippen molar-refractivity contribution in [3.8, 4) is 5.75 Å². The molecule has 0 fully saturated rings. The van der Waals surface area contributed by atoms with Crippen LogP contribution in [-0.4, -0.2) is 28.1 Å². The van der Waals surface area contributed by atoms with E-state index < -0.39 is 0 Å². The standard InChI is InChI=1S/C18H26N2O/c1-3-5-12-20(13-6-4-2)14-15-9-10-17(21)18-16(15)8-7-11-19-18/h7-11,21H,3-6,12-14H2,1-2H3. The van der Waals surface area contributed by atoms with E-state index in [9.17, 15) is 5.11 Å². The Bertz CT molecular complexity index is 560. The first kappa shape index (κ1) is 15.8. The molecule has 0 spiro atoms. The van der Waals surface area contributed by atoms with Crippen LogP contribution in [-0.2, 0) is 6.54 Å². The molecule has 0 saturated heterocycles. The summed E-state index contributed by atoms with van der Waals surface area (Å²) in [6.07, 6.45) is 6.65. The first-order chi connectivity index (χ1) is 10.3. The monoisotopic (exact) mass is 286 g/mol. The van der Waals surface area contributed by atoms with Crippen LogP contribution < -0.4 is 0 Å². The molecule has 1 heterocycles. The largest absolute Gasteiger partial charge is 0.506 e. The summed E-state index contributed by atoms with van der Waals surface area (Å²) in [5.41, 5.74) is 1.96. The highest BCUT2D eigenvalue weighted by molar-refractivity contribution is 5.87. The number of benzene rings is 1. The summed E-state index contributed by atoms with van der Waals surface area (Å²) < 4.78 is 0. The number of unbranched alkanes of at least 4 members (excludes halogenated alkanes) is 2. The van der Waals surface area contributed by atoms with Gasteiger partial charge in [0, 0.05) is 18.1 Å². The zero-order valence-corrected chi connectivity index (χ0v) is 13.2. The van der Waals surface area contributed by atoms with Gasteiger partial charge in [-0.05, 0) is 43.6 Å². The minimum Gasteiger partial charge on any atom is -0.506 e. The van der Waals surface area contributed by atoms with Gasteiger partial charge in [-0.2, -0.15) is 0 Å². The number of hydrogen-bond donors (Lipinski definition) is 1. The molecule has 2 rings (SSSR count). The second-order valence-electron chi connectivity index (χ2n) is 5.63. The van der Waals surface area contributed by atoms with Crippen LogP contribution in [0.25, 0.3) is 10.9 Å². The third-order valence-electron chi connectivity index (χ3n) is 3.89. The Hall–Kier alpha value is -1.61. The minimum absolute atomic E-state index is 0.267. The maximum absolute atomic E-state index is 9.94. The molecule has 0 saturated carbocycles. The fourth-order valence-corrected chi connectivity index (χ4v) is 2.63. The number of phenols is 1. The second kappa shape index (κ2) is 7.99. The normalized spacial score (nSPS) is 11.4. The second-order valence-corrected chi connectivity index (χ2v) is 5.63. The predicted molar refractivity (Wildman–Crippen MR) is 88.5 cm³/mol. The van der Waals surface area contributed by atoms with Crippen LogP contribution in [0.4, 0.5) is 0 Å². The van der Waals surface area contributed by atoms with Crippen molar-refractivity contribution in [2.24, 2.45) is 0 Å². The van der Waals surface area contributed by atoms with Gasteiger partial charge in [-0.25, -0.2) is 0 Å². The lowest BCUT2D eigenvalue weighted by Crippen LogP contribution is -2.25. The number of nitrogens with zero attached hydrogens (tertiary/aromatic N) is 2. The van der Waals surface area contributed by atoms with Crippen molar-refractivity contribution in [1.29, 1.82) is 0 Å². The summed E-state index contributed by atoms with van der Waals surface area (Å²) in [6.45, 7) is 7.68. The van der Waals surface area contributed by atoms with Crippen LogP contribution >= 0.6 is 0 Å². The minimum atomic E-state index is 0.267. The molecule has 0 aliphatic heterocycles. The Labute approximate surface area is 127 Å². The number of phenolic OH excluding ortho intramolecular Hbond substituents is 1. The number of pyridine rings is 1. The van der Waals surface area contributed by atoms with Crippen LogP contribution in [0.15, 0.2) is 30.5 Å². The molecule has 21 heavy (non-hydrogen) atoms. The number of rotatable bonds is 8. The van der Waals surface area contributed by atoms with Gasteiger partial charge in [-0.15, -0.1) is 0 Å². The van der Waals surface area contributed by atoms with Gasteiger partial charge < -0.3 is 5.11 Å². The van der Waals surface area contributed by atoms with Crippen molar-refractivity contribution in [1.82, 2.24) is 9.88 Å². The molecule has 1 aromatic carbocycles. The maximum atomic E-state index is 9.94. The third-order valence-corrected chi connectivity index (χ3v) is 3.89. The molecule has 3 heteroatoms. The van der Waals surface area contributed by atoms with Gasteiger partial charge >= 0.3 is 0 Å². The van der Waals surface area contributed by atoms with E-state index >= 15 is 0 Å². The zero-order chi connectivity index (χ0) is 15.1. The first-order valence-corrected chi connectivity index (χ1v) is 8.04. The Morgan fingerprint density at radius 3 is 2.43 bits per heavy atom. The molecule has 2 aromatic rings. The number of aromatic hydroxyl groups is 1. The highest BCUT2D eigenvalue weighted by atomic mass is 16.3. The van der Waals surface area contributed by atoms with Crippen LogP contribution in [0.2, 0.25) is 0 Å². The third kappa shape index (κ3) is 4.18. The summed E-state index contributed by atoms with van der Waals surface area (Å²) in [4.78, 5) is 6.82. The van der Waals surface area contributed by atoms with Gasteiger partial charge in [-0.3, -0.25) is 9.88 Å². The van der Waals surface area contributed by atoms with E-state index in [-0.39, 0.29) is 5.75 Å². The van der Waals surface area contributed by atoms with Crippen molar-refractivity contribution in [3.05, 3.63) is 36.0 Å². The maximum Gasteiger partial charge on any atom is 0.141 e. The van der Waals surface area contributed by atoms with Gasteiger partial charge in [0.25, 0.3) is 0 Å². The highest BCUT2D eigenvalue weighted by Crippen LogP contribution is 2.26. The molecule has 0 unspecified atom stereocenters. The molecule has 1 aromatic heterocycles. The molecule has 0 bridgehead atoms. The van der Waals surface area contributed by atoms with Gasteiger partial charge in [0.05, 0.1) is 0 Å². The van der Waals surface area contributed by atoms with E-state index in [1.807, 2.05) is 12.1 Å². The van der Waals surface area contributed by atoms with E-state index in [0.29, 0.717) is 5.52 Å². The van der Waals surface area contributed by atoms with Gasteiger partial charge in [0.2, 0.25) is 0 Å². The predicted octanol–water partition coefficient (Wildman–Crippen LogP) is 4.34. The fourth-order valence-electron chi connectivity index (χ4n) is 2.63. The van der Waals surface area contributed by atoms with Crippen LogP contribution in [0.5, 0.6) is 5.75 Å². The van der Waals surface area contributed by atoms with Gasteiger partial charge in [0.15, 0.2) is 0 Å². The van der Waals surface area contributed by atoms with E-state index in [0.717, 1.165) is 25.0 Å². The fraction of sp³-hybridized carbons (Fsp3) is 0.500. The lowest BCUT2D eigenvalue weighted by molar-refractivity contribution is 0.258. The first-order valence-electron chi connectivity index (χ1n) is 8.04. The zero-order valence-electron chi connectivity index (χ0n) is 13.2. The molecule has 0 aliphatic carbocycles. The SMILES string of the molecule is CCCCN(CCCC)Cc1ccc(O)c2ncccc12. The van der Waals surface area contributed by atoms with Crippen LogP contribution in [0, 0.1) is 0 Å². The van der Waals surface area contributed by atoms with Crippen LogP contribution in [0.1, 0.15) is 45.1 Å². The Balaban J connectivity index is 2.21. The Morgan fingerprint density at radius 1 is 1.05 bits per heavy atom. The summed E-state index contributed by atoms with van der Waals surface area (Å²) >= 11 is 0. The van der Waals surface area contributed by atoms with E-state index in [2.05, 4.69) is 29.8 Å². The summed E-state index contributed by atoms with van der Waals surface area (Å²) in [5, 5.41) is 11.0. The Kier molecular flexibility index (Phi) is 6.00. The van der Waals surface area contributed by atoms with Crippen LogP contribution in [0.3, 0.4) is 0 Å². The lowest BCUT2D eigenvalue weighted by atomic mass is 10.1. The molecular weight excluding hydrogens is 260 g/mol. The molecular formula is C18H26N2O. The molecule has 0 amide bonds. The lowest BCUT2D eigenvalue weighted by Gasteiger charge is -2.23. The molecule has 3 nitrogen and oxygen atoms in total. The van der Waals surface area contributed by atoms with Crippen molar-refractivity contribution < 1.29 is 5.11 Å². The average Bonchev–Trinajstić information content (AvgIpc) is 2.52. The van der Waals surface area contributed by atoms with Gasteiger partial charge in [-0.1, -0.05) is 38.8 Å². The van der Waals surface area contributed by atoms with Crippen molar-refractivity contribution in [2.75, 3.05) is 13.1 Å². The number of aromatic nitrogens is 1. The van der Waals surface area contributed by atoms with Crippen molar-refractivity contribution in [3.63, 3.8) is 0 Å². The molecule has 114 valence electrons. The van der Waals surface area contributed by atoms with Crippen molar-refractivity contribution >= 4 is 10.9 Å². The average molecular weight is 286 g/mol. The van der Waals surface area contributed by atoms with E-state index in [1.165, 1.54) is 31.2 Å². The highest BCUT2D eigenvalue weighted by Gasteiger charge is 2.10. The Morgan fingerprint density at radius 2 is 1.76 bits per heavy atom. The van der Waals surface area contributed by atoms with Crippen molar-refractivity contribution in [2.45, 2.75) is 46.1 Å². The van der Waals surface area contributed by atoms with E-state index in [4.69, 9.17) is 0 Å². The quantitative estimate of drug-likeness (QED) is 0.784. The summed E-state index contributed by atoms with van der Waals surface area (Å²) in [7, 11) is 0. The molecule has 1 N–H and O–H groups in total. The molecule has 0 aliphatic rings. The number of hydrogen-bond acceptors (Lipinski definition) is 3.